The fraction of sp³-hybridized carbons (Fsp3) is 0.263. The molecule has 4 heteroatoms. The lowest BCUT2D eigenvalue weighted by molar-refractivity contribution is 0.0955. The van der Waals surface area contributed by atoms with Crippen molar-refractivity contribution in [3.63, 3.8) is 0 Å². The molecule has 0 fully saturated rings. The number of carbonyl (C=O) groups is 1. The number of nitrogens with one attached hydrogen (secondary N) is 1. The number of nitrogens with zero attached hydrogens (tertiary/aromatic N) is 1. The Kier molecular flexibility index (Phi) is 6.36. The molecule has 2 aromatic rings. The van der Waals surface area contributed by atoms with E-state index in [0.717, 1.165) is 37.0 Å². The van der Waals surface area contributed by atoms with Gasteiger partial charge in [-0.05, 0) is 42.7 Å². The normalized spacial score (nSPS) is 11.3. The summed E-state index contributed by atoms with van der Waals surface area (Å²) >= 11 is 0. The molecule has 0 radical (unpaired) electrons. The molecule has 0 bridgehead atoms. The van der Waals surface area contributed by atoms with Gasteiger partial charge in [0.15, 0.2) is 0 Å². The van der Waals surface area contributed by atoms with E-state index >= 15 is 0 Å². The number of phenols is 1. The van der Waals surface area contributed by atoms with Gasteiger partial charge in [0.25, 0.3) is 5.91 Å². The quantitative estimate of drug-likeness (QED) is 0.459. The smallest absolute Gasteiger partial charge is 0.271 e. The van der Waals surface area contributed by atoms with Crippen molar-refractivity contribution >= 4 is 11.6 Å². The molecule has 2 N–H and O–H groups in total. The molecular weight excluding hydrogens is 288 g/mol. The fourth-order valence-electron chi connectivity index (χ4n) is 2.23. The van der Waals surface area contributed by atoms with Gasteiger partial charge < -0.3 is 5.11 Å². The Morgan fingerprint density at radius 1 is 1.00 bits per heavy atom. The average Bonchev–Trinajstić information content (AvgIpc) is 2.59. The lowest BCUT2D eigenvalue weighted by Crippen LogP contribution is -2.20. The van der Waals surface area contributed by atoms with Crippen LogP contribution in [-0.2, 0) is 0 Å². The summed E-state index contributed by atoms with van der Waals surface area (Å²) in [5.41, 5.74) is 4.98. The summed E-state index contributed by atoms with van der Waals surface area (Å²) in [6.45, 7) is 2.16. The Bertz CT molecular complexity index is 649. The van der Waals surface area contributed by atoms with Crippen molar-refractivity contribution < 1.29 is 9.90 Å². The first-order valence-corrected chi connectivity index (χ1v) is 7.92. The zero-order chi connectivity index (χ0) is 16.5. The number of aromatic hydroxyl groups is 1. The van der Waals surface area contributed by atoms with Crippen molar-refractivity contribution in [2.24, 2.45) is 5.10 Å². The lowest BCUT2D eigenvalue weighted by Gasteiger charge is -2.07. The van der Waals surface area contributed by atoms with Gasteiger partial charge in [-0.3, -0.25) is 4.79 Å². The minimum atomic E-state index is -0.283. The van der Waals surface area contributed by atoms with Crippen molar-refractivity contribution in [3.8, 4) is 5.75 Å². The Hall–Kier alpha value is -2.62. The molecule has 2 aromatic carbocycles. The van der Waals surface area contributed by atoms with Crippen LogP contribution in [0.5, 0.6) is 5.75 Å². The molecule has 0 aliphatic carbocycles. The molecular formula is C19H22N2O2. The van der Waals surface area contributed by atoms with E-state index in [4.69, 9.17) is 0 Å². The van der Waals surface area contributed by atoms with E-state index in [2.05, 4.69) is 17.5 Å². The van der Waals surface area contributed by atoms with Gasteiger partial charge in [0.1, 0.15) is 5.75 Å². The van der Waals surface area contributed by atoms with E-state index in [9.17, 15) is 9.90 Å². The maximum Gasteiger partial charge on any atom is 0.271 e. The van der Waals surface area contributed by atoms with Gasteiger partial charge in [0.2, 0.25) is 0 Å². The monoisotopic (exact) mass is 310 g/mol. The largest absolute Gasteiger partial charge is 0.508 e. The van der Waals surface area contributed by atoms with Crippen LogP contribution in [-0.4, -0.2) is 16.7 Å². The Balaban J connectivity index is 2.09. The Morgan fingerprint density at radius 3 is 2.35 bits per heavy atom. The van der Waals surface area contributed by atoms with E-state index in [1.54, 1.807) is 12.1 Å². The third-order valence-electron chi connectivity index (χ3n) is 3.55. The third-order valence-corrected chi connectivity index (χ3v) is 3.55. The first kappa shape index (κ1) is 16.7. The molecule has 0 unspecified atom stereocenters. The summed E-state index contributed by atoms with van der Waals surface area (Å²) < 4.78 is 0. The van der Waals surface area contributed by atoms with Crippen molar-refractivity contribution in [2.45, 2.75) is 32.6 Å². The highest BCUT2D eigenvalue weighted by molar-refractivity contribution is 6.02. The minimum Gasteiger partial charge on any atom is -0.508 e. The van der Waals surface area contributed by atoms with Crippen molar-refractivity contribution in [2.75, 3.05) is 0 Å². The standard InChI is InChI=1S/C19H22N2O2/c1-2-3-5-10-18(15-8-6-4-7-9-15)20-21-19(23)16-11-13-17(22)14-12-16/h4,6-9,11-14,22H,2-3,5,10H2,1H3,(H,21,23)/b20-18-. The number of phenolic OH excluding ortho intramolecular Hbond substituents is 1. The van der Waals surface area contributed by atoms with Crippen LogP contribution >= 0.6 is 0 Å². The van der Waals surface area contributed by atoms with Gasteiger partial charge >= 0.3 is 0 Å². The molecule has 0 saturated carbocycles. The van der Waals surface area contributed by atoms with Gasteiger partial charge in [-0.15, -0.1) is 0 Å². The van der Waals surface area contributed by atoms with Crippen molar-refractivity contribution in [1.29, 1.82) is 0 Å². The van der Waals surface area contributed by atoms with Gasteiger partial charge in [0.05, 0.1) is 5.71 Å². The fourth-order valence-corrected chi connectivity index (χ4v) is 2.23. The SMILES string of the molecule is CCCCC/C(=N/NC(=O)c1ccc(O)cc1)c1ccccc1. The maximum absolute atomic E-state index is 12.1. The van der Waals surface area contributed by atoms with Crippen LogP contribution in [0.15, 0.2) is 59.7 Å². The van der Waals surface area contributed by atoms with Crippen molar-refractivity contribution in [1.82, 2.24) is 5.43 Å². The average molecular weight is 310 g/mol. The summed E-state index contributed by atoms with van der Waals surface area (Å²) in [5, 5.41) is 13.6. The predicted molar refractivity (Wildman–Crippen MR) is 92.7 cm³/mol. The minimum absolute atomic E-state index is 0.134. The number of rotatable bonds is 7. The van der Waals surface area contributed by atoms with Gasteiger partial charge in [-0.2, -0.15) is 5.10 Å². The van der Waals surface area contributed by atoms with E-state index in [-0.39, 0.29) is 11.7 Å². The molecule has 0 heterocycles. The second-order valence-electron chi connectivity index (χ2n) is 5.37. The summed E-state index contributed by atoms with van der Waals surface area (Å²) in [6, 6.07) is 16.0. The van der Waals surface area contributed by atoms with Crippen LogP contribution < -0.4 is 5.43 Å². The predicted octanol–water partition coefficient (Wildman–Crippen LogP) is 4.11. The van der Waals surface area contributed by atoms with Crippen LogP contribution in [0.25, 0.3) is 0 Å². The second kappa shape index (κ2) is 8.73. The highest BCUT2D eigenvalue weighted by Crippen LogP contribution is 2.11. The molecule has 0 spiro atoms. The Morgan fingerprint density at radius 2 is 1.70 bits per heavy atom. The van der Waals surface area contributed by atoms with Gasteiger partial charge in [-0.1, -0.05) is 50.1 Å². The molecule has 0 aliphatic rings. The molecule has 120 valence electrons. The molecule has 4 nitrogen and oxygen atoms in total. The number of unbranched alkanes of at least 4 members (excludes halogenated alkanes) is 2. The van der Waals surface area contributed by atoms with Gasteiger partial charge in [0, 0.05) is 5.56 Å². The molecule has 0 atom stereocenters. The highest BCUT2D eigenvalue weighted by atomic mass is 16.3. The highest BCUT2D eigenvalue weighted by Gasteiger charge is 2.07. The molecule has 0 saturated heterocycles. The maximum atomic E-state index is 12.1. The van der Waals surface area contributed by atoms with Crippen LogP contribution in [0, 0.1) is 0 Å². The van der Waals surface area contributed by atoms with Crippen LogP contribution in [0.1, 0.15) is 48.5 Å². The number of amides is 1. The van der Waals surface area contributed by atoms with Gasteiger partial charge in [-0.25, -0.2) is 5.43 Å². The molecule has 0 aromatic heterocycles. The first-order valence-electron chi connectivity index (χ1n) is 7.92. The lowest BCUT2D eigenvalue weighted by atomic mass is 10.0. The Labute approximate surface area is 136 Å². The summed E-state index contributed by atoms with van der Waals surface area (Å²) in [6.07, 6.45) is 4.15. The number of hydrogen-bond donors (Lipinski definition) is 2. The second-order valence-corrected chi connectivity index (χ2v) is 5.37. The van der Waals surface area contributed by atoms with Crippen LogP contribution in [0.4, 0.5) is 0 Å². The van der Waals surface area contributed by atoms with Crippen LogP contribution in [0.2, 0.25) is 0 Å². The molecule has 23 heavy (non-hydrogen) atoms. The van der Waals surface area contributed by atoms with E-state index < -0.39 is 0 Å². The van der Waals surface area contributed by atoms with E-state index in [0.29, 0.717) is 5.56 Å². The number of hydrazone groups is 1. The first-order chi connectivity index (χ1) is 11.2. The summed E-state index contributed by atoms with van der Waals surface area (Å²) in [5.74, 6) is -0.150. The molecule has 1 amide bonds. The van der Waals surface area contributed by atoms with E-state index in [1.165, 1.54) is 12.1 Å². The van der Waals surface area contributed by atoms with Crippen molar-refractivity contribution in [3.05, 3.63) is 65.7 Å². The van der Waals surface area contributed by atoms with E-state index in [1.807, 2.05) is 30.3 Å². The zero-order valence-electron chi connectivity index (χ0n) is 13.3. The zero-order valence-corrected chi connectivity index (χ0v) is 13.3. The van der Waals surface area contributed by atoms with Crippen LogP contribution in [0.3, 0.4) is 0 Å². The molecule has 0 aliphatic heterocycles. The number of hydrogen-bond acceptors (Lipinski definition) is 3. The molecule has 2 rings (SSSR count). The number of benzene rings is 2. The summed E-state index contributed by atoms with van der Waals surface area (Å²) in [7, 11) is 0. The third kappa shape index (κ3) is 5.25. The number of carbonyl (C=O) groups excluding carboxylic acids is 1. The summed E-state index contributed by atoms with van der Waals surface area (Å²) in [4.78, 5) is 12.1. The topological polar surface area (TPSA) is 61.7 Å².